The quantitative estimate of drug-likeness (QED) is 0.478. The van der Waals surface area contributed by atoms with Crippen LogP contribution in [-0.2, 0) is 4.79 Å². The number of halogens is 3. The van der Waals surface area contributed by atoms with Crippen LogP contribution in [0, 0.1) is 6.92 Å². The average molecular weight is 433 g/mol. The first-order valence-electron chi connectivity index (χ1n) is 8.67. The second-order valence-electron chi connectivity index (χ2n) is 6.08. The number of nitrogens with zero attached hydrogens (tertiary/aromatic N) is 2. The fourth-order valence-electron chi connectivity index (χ4n) is 2.26. The molecule has 0 radical (unpaired) electrons. The van der Waals surface area contributed by atoms with E-state index >= 15 is 0 Å². The Labute approximate surface area is 175 Å². The number of aliphatic carboxylic acids is 1. The van der Waals surface area contributed by atoms with Gasteiger partial charge in [0, 0.05) is 36.0 Å². The van der Waals surface area contributed by atoms with Crippen molar-refractivity contribution in [2.75, 3.05) is 10.6 Å². The van der Waals surface area contributed by atoms with Gasteiger partial charge in [-0.15, -0.1) is 0 Å². The number of anilines is 4. The first kappa shape index (κ1) is 23.1. The van der Waals surface area contributed by atoms with Crippen LogP contribution in [-0.4, -0.2) is 33.1 Å². The van der Waals surface area contributed by atoms with E-state index in [1.165, 1.54) is 0 Å². The number of nitrogens with one attached hydrogen (secondary N) is 2. The molecular weight excluding hydrogens is 415 g/mol. The Morgan fingerprint density at radius 1 is 1.03 bits per heavy atom. The van der Waals surface area contributed by atoms with Gasteiger partial charge in [0.25, 0.3) is 5.91 Å². The maximum absolute atomic E-state index is 11.6. The van der Waals surface area contributed by atoms with Gasteiger partial charge in [-0.05, 0) is 36.8 Å². The number of alkyl halides is 3. The summed E-state index contributed by atoms with van der Waals surface area (Å²) in [4.78, 5) is 28.8. The molecule has 0 aliphatic heterocycles. The van der Waals surface area contributed by atoms with Gasteiger partial charge in [-0.1, -0.05) is 12.1 Å². The van der Waals surface area contributed by atoms with Crippen LogP contribution < -0.4 is 16.4 Å². The number of carbonyl (C=O) groups is 2. The lowest BCUT2D eigenvalue weighted by Gasteiger charge is -2.14. The number of pyridine rings is 2. The molecule has 0 aliphatic carbocycles. The third-order valence-corrected chi connectivity index (χ3v) is 3.76. The molecule has 0 atom stereocenters. The molecule has 8 nitrogen and oxygen atoms in total. The van der Waals surface area contributed by atoms with Gasteiger partial charge in [-0.3, -0.25) is 9.78 Å². The van der Waals surface area contributed by atoms with E-state index in [-0.39, 0.29) is 0 Å². The highest BCUT2D eigenvalue weighted by atomic mass is 19.4. The van der Waals surface area contributed by atoms with E-state index in [0.29, 0.717) is 17.1 Å². The lowest BCUT2D eigenvalue weighted by Crippen LogP contribution is -2.21. The van der Waals surface area contributed by atoms with E-state index in [2.05, 4.69) is 20.6 Å². The van der Waals surface area contributed by atoms with E-state index < -0.39 is 18.1 Å². The minimum atomic E-state index is -5.08. The van der Waals surface area contributed by atoms with Gasteiger partial charge in [-0.25, -0.2) is 9.78 Å². The summed E-state index contributed by atoms with van der Waals surface area (Å²) in [6.07, 6.45) is 0.0936. The minimum absolute atomic E-state index is 0.442. The molecule has 0 bridgehead atoms. The Kier molecular flexibility index (Phi) is 7.50. The molecule has 1 amide bonds. The molecule has 2 heterocycles. The molecule has 0 saturated carbocycles. The standard InChI is InChI=1S/C18H17N5O.C2HF3O2/c1-12-11-21-17(22-13-6-8-20-9-7-13)10-16(12)23-15-5-3-2-4-14(15)18(19)24;3-2(4,5)1(6)7/h2-11H,1H3,(H2,19,24)(H2,20,21,22,23);(H,6,7). The number of benzene rings is 1. The van der Waals surface area contributed by atoms with Gasteiger partial charge in [-0.2, -0.15) is 13.2 Å². The summed E-state index contributed by atoms with van der Waals surface area (Å²) in [5.74, 6) is -2.54. The van der Waals surface area contributed by atoms with Crippen LogP contribution in [0.5, 0.6) is 0 Å². The summed E-state index contributed by atoms with van der Waals surface area (Å²) in [6.45, 7) is 1.94. The number of amides is 1. The molecule has 0 fully saturated rings. The molecule has 3 aromatic rings. The maximum Gasteiger partial charge on any atom is 0.490 e. The predicted octanol–water partition coefficient (Wildman–Crippen LogP) is 4.00. The van der Waals surface area contributed by atoms with Crippen LogP contribution >= 0.6 is 0 Å². The number of carboxylic acids is 1. The Balaban J connectivity index is 0.000000423. The molecule has 0 saturated heterocycles. The smallest absolute Gasteiger partial charge is 0.475 e. The van der Waals surface area contributed by atoms with Crippen molar-refractivity contribution in [2.24, 2.45) is 5.73 Å². The highest BCUT2D eigenvalue weighted by Crippen LogP contribution is 2.26. The Hall–Kier alpha value is -4.15. The average Bonchev–Trinajstić information content (AvgIpc) is 2.71. The van der Waals surface area contributed by atoms with E-state index in [0.717, 1.165) is 16.9 Å². The van der Waals surface area contributed by atoms with Gasteiger partial charge in [0.15, 0.2) is 0 Å². The lowest BCUT2D eigenvalue weighted by molar-refractivity contribution is -0.192. The summed E-state index contributed by atoms with van der Waals surface area (Å²) >= 11 is 0. The third kappa shape index (κ3) is 6.99. The van der Waals surface area contributed by atoms with Crippen LogP contribution in [0.2, 0.25) is 0 Å². The van der Waals surface area contributed by atoms with Crippen LogP contribution in [0.25, 0.3) is 0 Å². The molecule has 0 aliphatic rings. The van der Waals surface area contributed by atoms with Crippen LogP contribution in [0.4, 0.5) is 36.1 Å². The van der Waals surface area contributed by atoms with E-state index in [1.807, 2.05) is 37.3 Å². The molecule has 162 valence electrons. The van der Waals surface area contributed by atoms with Crippen LogP contribution in [0.3, 0.4) is 0 Å². The van der Waals surface area contributed by atoms with Crippen molar-refractivity contribution in [1.29, 1.82) is 0 Å². The maximum atomic E-state index is 11.6. The zero-order chi connectivity index (χ0) is 23.0. The Morgan fingerprint density at radius 2 is 1.65 bits per heavy atom. The van der Waals surface area contributed by atoms with Gasteiger partial charge < -0.3 is 21.5 Å². The van der Waals surface area contributed by atoms with Crippen molar-refractivity contribution in [3.8, 4) is 0 Å². The molecule has 3 rings (SSSR count). The fourth-order valence-corrected chi connectivity index (χ4v) is 2.26. The third-order valence-electron chi connectivity index (χ3n) is 3.76. The van der Waals surface area contributed by atoms with Gasteiger partial charge in [0.1, 0.15) is 5.82 Å². The van der Waals surface area contributed by atoms with Crippen molar-refractivity contribution in [3.05, 3.63) is 72.2 Å². The number of nitrogens with two attached hydrogens (primary N) is 1. The van der Waals surface area contributed by atoms with Gasteiger partial charge >= 0.3 is 12.1 Å². The van der Waals surface area contributed by atoms with Crippen LogP contribution in [0.15, 0.2) is 61.1 Å². The molecule has 11 heteroatoms. The number of hydrogen-bond acceptors (Lipinski definition) is 6. The predicted molar refractivity (Wildman–Crippen MR) is 108 cm³/mol. The Morgan fingerprint density at radius 3 is 2.23 bits per heavy atom. The number of para-hydroxylation sites is 1. The first-order valence-corrected chi connectivity index (χ1v) is 8.67. The summed E-state index contributed by atoms with van der Waals surface area (Å²) < 4.78 is 31.7. The van der Waals surface area contributed by atoms with Crippen molar-refractivity contribution in [2.45, 2.75) is 13.1 Å². The molecule has 2 aromatic heterocycles. The SMILES string of the molecule is Cc1cnc(Nc2ccncc2)cc1Nc1ccccc1C(N)=O.O=C(O)C(F)(F)F. The van der Waals surface area contributed by atoms with E-state index in [9.17, 15) is 18.0 Å². The second kappa shape index (κ2) is 10.1. The number of primary amides is 1. The van der Waals surface area contributed by atoms with Crippen molar-refractivity contribution < 1.29 is 27.9 Å². The number of aryl methyl sites for hydroxylation is 1. The topological polar surface area (TPSA) is 130 Å². The van der Waals surface area contributed by atoms with E-state index in [4.69, 9.17) is 15.6 Å². The molecule has 0 unspecified atom stereocenters. The number of carbonyl (C=O) groups excluding carboxylic acids is 1. The normalized spacial score (nSPS) is 10.5. The second-order valence-corrected chi connectivity index (χ2v) is 6.08. The summed E-state index contributed by atoms with van der Waals surface area (Å²) in [6, 6.07) is 12.7. The highest BCUT2D eigenvalue weighted by Gasteiger charge is 2.38. The molecule has 31 heavy (non-hydrogen) atoms. The number of hydrogen-bond donors (Lipinski definition) is 4. The van der Waals surface area contributed by atoms with Crippen molar-refractivity contribution in [1.82, 2.24) is 9.97 Å². The van der Waals surface area contributed by atoms with Crippen molar-refractivity contribution >= 4 is 34.8 Å². The van der Waals surface area contributed by atoms with Gasteiger partial charge in [0.2, 0.25) is 0 Å². The summed E-state index contributed by atoms with van der Waals surface area (Å²) in [5, 5.41) is 13.6. The van der Waals surface area contributed by atoms with Gasteiger partial charge in [0.05, 0.1) is 11.3 Å². The highest BCUT2D eigenvalue weighted by molar-refractivity contribution is 5.99. The number of aromatic nitrogens is 2. The first-order chi connectivity index (χ1) is 14.6. The lowest BCUT2D eigenvalue weighted by atomic mass is 10.1. The number of carboxylic acid groups (broad SMARTS) is 1. The zero-order valence-corrected chi connectivity index (χ0v) is 16.1. The minimum Gasteiger partial charge on any atom is -0.475 e. The summed E-state index contributed by atoms with van der Waals surface area (Å²) in [7, 11) is 0. The summed E-state index contributed by atoms with van der Waals surface area (Å²) in [5.41, 5.74) is 9.22. The largest absolute Gasteiger partial charge is 0.490 e. The fraction of sp³-hybridized carbons (Fsp3) is 0.100. The Bertz CT molecular complexity index is 1060. The van der Waals surface area contributed by atoms with Crippen LogP contribution in [0.1, 0.15) is 15.9 Å². The van der Waals surface area contributed by atoms with E-state index in [1.54, 1.807) is 30.7 Å². The molecule has 5 N–H and O–H groups in total. The molecule has 0 spiro atoms. The zero-order valence-electron chi connectivity index (χ0n) is 16.1. The number of rotatable bonds is 5. The monoisotopic (exact) mass is 433 g/mol. The van der Waals surface area contributed by atoms with Crippen molar-refractivity contribution in [3.63, 3.8) is 0 Å². The molecule has 1 aromatic carbocycles. The molecular formula is C20H18F3N5O3.